The van der Waals surface area contributed by atoms with Crippen molar-refractivity contribution >= 4 is 17.4 Å². The minimum absolute atomic E-state index is 0.0225. The molecule has 1 N–H and O–H groups in total. The number of likely N-dealkylation sites (tertiary alicyclic amines) is 1. The lowest BCUT2D eigenvalue weighted by molar-refractivity contribution is -0.896. The molecule has 6 nitrogen and oxygen atoms in total. The van der Waals surface area contributed by atoms with Crippen LogP contribution in [0.25, 0.3) is 5.76 Å². The first-order valence-electron chi connectivity index (χ1n) is 10.2. The molecule has 0 radical (unpaired) electrons. The molecule has 1 aromatic heterocycles. The maximum atomic E-state index is 13.1. The number of Topliss-reactive ketones (excluding diaryl/α,β-unsaturated/α-hetero) is 1. The second-order valence-electron chi connectivity index (χ2n) is 7.35. The van der Waals surface area contributed by atoms with E-state index in [0.717, 1.165) is 26.1 Å². The Morgan fingerprint density at radius 2 is 1.79 bits per heavy atom. The highest BCUT2D eigenvalue weighted by Gasteiger charge is 2.45. The molecule has 2 heterocycles. The lowest BCUT2D eigenvalue weighted by Gasteiger charge is -2.26. The maximum Gasteiger partial charge on any atom is 0.295 e. The molecule has 29 heavy (non-hydrogen) atoms. The largest absolute Gasteiger partial charge is 0.872 e. The average molecular weight is 396 g/mol. The van der Waals surface area contributed by atoms with Crippen molar-refractivity contribution in [1.29, 1.82) is 0 Å². The third kappa shape index (κ3) is 4.27. The van der Waals surface area contributed by atoms with Gasteiger partial charge in [-0.25, -0.2) is 0 Å². The van der Waals surface area contributed by atoms with E-state index >= 15 is 0 Å². The van der Waals surface area contributed by atoms with Gasteiger partial charge in [0.15, 0.2) is 0 Å². The SMILES string of the molecule is CC[NH+](CC)CCCN1C(=O)C(=O)/C(=C(/[O-])c2ccccc2)C1c1ccc(C)o1. The van der Waals surface area contributed by atoms with Crippen molar-refractivity contribution in [2.45, 2.75) is 33.2 Å². The maximum absolute atomic E-state index is 13.1. The van der Waals surface area contributed by atoms with Crippen molar-refractivity contribution in [1.82, 2.24) is 4.90 Å². The quantitative estimate of drug-likeness (QED) is 0.412. The zero-order valence-electron chi connectivity index (χ0n) is 17.2. The third-order valence-electron chi connectivity index (χ3n) is 5.53. The molecule has 1 unspecified atom stereocenters. The fourth-order valence-corrected chi connectivity index (χ4v) is 3.85. The molecule has 0 spiro atoms. The predicted molar refractivity (Wildman–Crippen MR) is 108 cm³/mol. The Bertz CT molecular complexity index is 897. The van der Waals surface area contributed by atoms with Crippen molar-refractivity contribution in [2.75, 3.05) is 26.2 Å². The zero-order chi connectivity index (χ0) is 21.0. The normalized spacial score (nSPS) is 18.8. The molecular weight excluding hydrogens is 368 g/mol. The van der Waals surface area contributed by atoms with Crippen LogP contribution in [-0.4, -0.2) is 42.8 Å². The number of furan rings is 1. The Balaban J connectivity index is 1.97. The summed E-state index contributed by atoms with van der Waals surface area (Å²) in [5, 5.41) is 13.1. The summed E-state index contributed by atoms with van der Waals surface area (Å²) in [5.41, 5.74) is 0.372. The number of benzene rings is 1. The molecule has 1 saturated heterocycles. The molecule has 1 fully saturated rings. The molecule has 154 valence electrons. The van der Waals surface area contributed by atoms with Gasteiger partial charge in [0.2, 0.25) is 5.78 Å². The van der Waals surface area contributed by atoms with Crippen LogP contribution in [0.2, 0.25) is 0 Å². The molecule has 1 aromatic carbocycles. The number of ketones is 1. The molecule has 2 aromatic rings. The Hall–Kier alpha value is -2.86. The van der Waals surface area contributed by atoms with Gasteiger partial charge in [-0.05, 0) is 38.5 Å². The second-order valence-corrected chi connectivity index (χ2v) is 7.35. The summed E-state index contributed by atoms with van der Waals surface area (Å²) in [6.45, 7) is 9.38. The van der Waals surface area contributed by atoms with Gasteiger partial charge in [-0.3, -0.25) is 9.59 Å². The highest BCUT2D eigenvalue weighted by molar-refractivity contribution is 6.46. The van der Waals surface area contributed by atoms with Gasteiger partial charge in [0, 0.05) is 18.5 Å². The molecule has 1 aliphatic rings. The van der Waals surface area contributed by atoms with E-state index in [-0.39, 0.29) is 5.57 Å². The van der Waals surface area contributed by atoms with Crippen LogP contribution in [0, 0.1) is 6.92 Å². The Morgan fingerprint density at radius 1 is 1.10 bits per heavy atom. The highest BCUT2D eigenvalue weighted by atomic mass is 16.3. The molecular formula is C23H28N2O4. The van der Waals surface area contributed by atoms with E-state index in [1.54, 1.807) is 49.4 Å². The number of amides is 1. The highest BCUT2D eigenvalue weighted by Crippen LogP contribution is 2.39. The van der Waals surface area contributed by atoms with Crippen molar-refractivity contribution in [3.63, 3.8) is 0 Å². The molecule has 0 saturated carbocycles. The van der Waals surface area contributed by atoms with E-state index in [4.69, 9.17) is 4.42 Å². The Kier molecular flexibility index (Phi) is 6.54. The van der Waals surface area contributed by atoms with Gasteiger partial charge in [-0.2, -0.15) is 0 Å². The molecule has 6 heteroatoms. The standard InChI is InChI=1S/C23H28N2O4/c1-4-24(5-2)14-9-15-25-20(18-13-12-16(3)29-18)19(22(27)23(25)28)21(26)17-10-7-6-8-11-17/h6-8,10-13,20,26H,4-5,9,14-15H2,1-3H3/b21-19+. The van der Waals surface area contributed by atoms with E-state index in [9.17, 15) is 14.7 Å². The third-order valence-corrected chi connectivity index (χ3v) is 5.53. The van der Waals surface area contributed by atoms with Gasteiger partial charge in [0.25, 0.3) is 5.91 Å². The summed E-state index contributed by atoms with van der Waals surface area (Å²) in [6, 6.07) is 11.4. The van der Waals surface area contributed by atoms with Crippen molar-refractivity contribution in [2.24, 2.45) is 0 Å². The van der Waals surface area contributed by atoms with Crippen LogP contribution >= 0.6 is 0 Å². The molecule has 0 aliphatic carbocycles. The fourth-order valence-electron chi connectivity index (χ4n) is 3.85. The van der Waals surface area contributed by atoms with Crippen molar-refractivity contribution in [3.8, 4) is 0 Å². The van der Waals surface area contributed by atoms with Crippen molar-refractivity contribution < 1.29 is 24.0 Å². The van der Waals surface area contributed by atoms with Gasteiger partial charge in [-0.15, -0.1) is 0 Å². The number of nitrogens with zero attached hydrogens (tertiary/aromatic N) is 1. The smallest absolute Gasteiger partial charge is 0.295 e. The van der Waals surface area contributed by atoms with E-state index < -0.39 is 23.5 Å². The number of rotatable bonds is 8. The van der Waals surface area contributed by atoms with Gasteiger partial charge in [0.1, 0.15) is 17.6 Å². The van der Waals surface area contributed by atoms with Gasteiger partial charge in [0.05, 0.1) is 19.6 Å². The summed E-state index contributed by atoms with van der Waals surface area (Å²) < 4.78 is 5.76. The Morgan fingerprint density at radius 3 is 2.38 bits per heavy atom. The number of quaternary nitrogens is 1. The lowest BCUT2D eigenvalue weighted by atomic mass is 9.99. The summed E-state index contributed by atoms with van der Waals surface area (Å²) in [6.07, 6.45) is 0.749. The topological polar surface area (TPSA) is 78.0 Å². The number of aryl methyl sites for hydroxylation is 1. The number of hydrogen-bond acceptors (Lipinski definition) is 4. The minimum atomic E-state index is -0.775. The number of carbonyl (C=O) groups is 2. The van der Waals surface area contributed by atoms with Crippen molar-refractivity contribution in [3.05, 3.63) is 65.1 Å². The first kappa shape index (κ1) is 20.9. The van der Waals surface area contributed by atoms with Crippen LogP contribution in [0.1, 0.15) is 43.4 Å². The van der Waals surface area contributed by atoms with E-state index in [1.165, 1.54) is 9.80 Å². The minimum Gasteiger partial charge on any atom is -0.872 e. The van der Waals surface area contributed by atoms with Gasteiger partial charge in [-0.1, -0.05) is 36.1 Å². The van der Waals surface area contributed by atoms with E-state index in [1.807, 2.05) is 0 Å². The molecule has 0 bridgehead atoms. The first-order chi connectivity index (χ1) is 14.0. The summed E-state index contributed by atoms with van der Waals surface area (Å²) in [5.74, 6) is -0.646. The monoisotopic (exact) mass is 396 g/mol. The summed E-state index contributed by atoms with van der Waals surface area (Å²) in [7, 11) is 0. The Labute approximate surface area is 171 Å². The predicted octanol–water partition coefficient (Wildman–Crippen LogP) is 1.13. The summed E-state index contributed by atoms with van der Waals surface area (Å²) in [4.78, 5) is 28.6. The summed E-state index contributed by atoms with van der Waals surface area (Å²) >= 11 is 0. The second kappa shape index (κ2) is 9.09. The molecule has 1 amide bonds. The van der Waals surface area contributed by atoms with E-state index in [0.29, 0.717) is 23.6 Å². The molecule has 3 rings (SSSR count). The number of carbonyl (C=O) groups excluding carboxylic acids is 2. The van der Waals surface area contributed by atoms with Crippen LogP contribution in [0.4, 0.5) is 0 Å². The van der Waals surface area contributed by atoms with Crippen LogP contribution in [0.3, 0.4) is 0 Å². The number of hydrogen-bond donors (Lipinski definition) is 1. The van der Waals surface area contributed by atoms with Gasteiger partial charge >= 0.3 is 0 Å². The van der Waals surface area contributed by atoms with Crippen LogP contribution in [0.5, 0.6) is 0 Å². The lowest BCUT2D eigenvalue weighted by Crippen LogP contribution is -3.11. The fraction of sp³-hybridized carbons (Fsp3) is 0.391. The first-order valence-corrected chi connectivity index (χ1v) is 10.2. The molecule has 1 aliphatic heterocycles. The zero-order valence-corrected chi connectivity index (χ0v) is 17.2. The average Bonchev–Trinajstić information content (AvgIpc) is 3.27. The van der Waals surface area contributed by atoms with Crippen LogP contribution in [-0.2, 0) is 9.59 Å². The molecule has 1 atom stereocenters. The van der Waals surface area contributed by atoms with Crippen LogP contribution in [0.15, 0.2) is 52.5 Å². The van der Waals surface area contributed by atoms with Gasteiger partial charge < -0.3 is 19.3 Å². The van der Waals surface area contributed by atoms with Crippen LogP contribution < -0.4 is 10.0 Å². The van der Waals surface area contributed by atoms with E-state index in [2.05, 4.69) is 13.8 Å². The number of nitrogens with one attached hydrogen (secondary N) is 1.